The fourth-order valence-electron chi connectivity index (χ4n) is 2.66. The minimum atomic E-state index is 0.162. The van der Waals surface area contributed by atoms with E-state index in [1.165, 1.54) is 5.56 Å². The Balaban J connectivity index is 1.74. The second-order valence-electron chi connectivity index (χ2n) is 5.65. The van der Waals surface area contributed by atoms with Crippen LogP contribution in [0.15, 0.2) is 30.3 Å². The molecule has 1 aromatic carbocycles. The molecule has 1 heterocycles. The van der Waals surface area contributed by atoms with E-state index in [0.717, 1.165) is 32.5 Å². The molecule has 2 rings (SSSR count). The van der Waals surface area contributed by atoms with E-state index in [1.807, 2.05) is 6.07 Å². The van der Waals surface area contributed by atoms with E-state index < -0.39 is 0 Å². The largest absolute Gasteiger partial charge is 0.376 e. The monoisotopic (exact) mass is 262 g/mol. The predicted molar refractivity (Wildman–Crippen MR) is 79.1 cm³/mol. The Labute approximate surface area is 116 Å². The standard InChI is InChI=1S/C16H26N2O/c1-13-12-19-14(2)11-18(13)10-6-9-16(17)15-7-4-3-5-8-15/h3-5,7-8,13-14,16H,6,9-12,17H2,1-2H3. The lowest BCUT2D eigenvalue weighted by atomic mass is 10.0. The summed E-state index contributed by atoms with van der Waals surface area (Å²) < 4.78 is 5.65. The molecule has 3 nitrogen and oxygen atoms in total. The highest BCUT2D eigenvalue weighted by molar-refractivity contribution is 5.18. The van der Waals surface area contributed by atoms with E-state index in [4.69, 9.17) is 10.5 Å². The van der Waals surface area contributed by atoms with Crippen LogP contribution in [-0.2, 0) is 4.74 Å². The molecule has 3 unspecified atom stereocenters. The van der Waals surface area contributed by atoms with Crippen molar-refractivity contribution in [2.75, 3.05) is 19.7 Å². The van der Waals surface area contributed by atoms with Crippen LogP contribution in [0.2, 0.25) is 0 Å². The van der Waals surface area contributed by atoms with Crippen molar-refractivity contribution in [3.63, 3.8) is 0 Å². The van der Waals surface area contributed by atoms with Crippen molar-refractivity contribution in [3.8, 4) is 0 Å². The number of hydrogen-bond donors (Lipinski definition) is 1. The fraction of sp³-hybridized carbons (Fsp3) is 0.625. The first-order chi connectivity index (χ1) is 9.16. The van der Waals surface area contributed by atoms with Gasteiger partial charge in [0, 0.05) is 18.6 Å². The molecule has 0 saturated carbocycles. The summed E-state index contributed by atoms with van der Waals surface area (Å²) in [5.74, 6) is 0. The van der Waals surface area contributed by atoms with E-state index in [0.29, 0.717) is 12.1 Å². The highest BCUT2D eigenvalue weighted by Crippen LogP contribution is 2.17. The lowest BCUT2D eigenvalue weighted by Gasteiger charge is -2.36. The third-order valence-electron chi connectivity index (χ3n) is 3.93. The first-order valence-corrected chi connectivity index (χ1v) is 7.33. The van der Waals surface area contributed by atoms with Gasteiger partial charge < -0.3 is 10.5 Å². The third-order valence-corrected chi connectivity index (χ3v) is 3.93. The Morgan fingerprint density at radius 1 is 1.32 bits per heavy atom. The summed E-state index contributed by atoms with van der Waals surface area (Å²) in [5.41, 5.74) is 7.47. The molecule has 1 aromatic rings. The Kier molecular flexibility index (Phi) is 5.37. The Hall–Kier alpha value is -0.900. The molecule has 0 bridgehead atoms. The van der Waals surface area contributed by atoms with Gasteiger partial charge in [-0.25, -0.2) is 0 Å². The van der Waals surface area contributed by atoms with E-state index in [-0.39, 0.29) is 6.04 Å². The van der Waals surface area contributed by atoms with Gasteiger partial charge in [-0.2, -0.15) is 0 Å². The Bertz CT molecular complexity index is 368. The number of ether oxygens (including phenoxy) is 1. The molecule has 3 heteroatoms. The summed E-state index contributed by atoms with van der Waals surface area (Å²) in [6.45, 7) is 7.40. The van der Waals surface area contributed by atoms with Gasteiger partial charge in [-0.1, -0.05) is 30.3 Å². The molecule has 1 saturated heterocycles. The maximum atomic E-state index is 6.23. The molecule has 0 aliphatic carbocycles. The van der Waals surface area contributed by atoms with Crippen molar-refractivity contribution in [1.29, 1.82) is 0 Å². The second-order valence-corrected chi connectivity index (χ2v) is 5.65. The van der Waals surface area contributed by atoms with Crippen molar-refractivity contribution >= 4 is 0 Å². The molecule has 2 N–H and O–H groups in total. The summed E-state index contributed by atoms with van der Waals surface area (Å²) in [6, 6.07) is 11.1. The first kappa shape index (κ1) is 14.5. The van der Waals surface area contributed by atoms with E-state index in [1.54, 1.807) is 0 Å². The topological polar surface area (TPSA) is 38.5 Å². The lowest BCUT2D eigenvalue weighted by Crippen LogP contribution is -2.47. The van der Waals surface area contributed by atoms with Crippen LogP contribution in [0.3, 0.4) is 0 Å². The molecule has 19 heavy (non-hydrogen) atoms. The number of hydrogen-bond acceptors (Lipinski definition) is 3. The number of rotatable bonds is 5. The molecule has 0 amide bonds. The van der Waals surface area contributed by atoms with E-state index in [9.17, 15) is 0 Å². The van der Waals surface area contributed by atoms with Crippen molar-refractivity contribution in [2.24, 2.45) is 5.73 Å². The average Bonchev–Trinajstić information content (AvgIpc) is 2.43. The molecule has 1 aliphatic heterocycles. The number of benzene rings is 1. The van der Waals surface area contributed by atoms with Gasteiger partial charge in [0.1, 0.15) is 0 Å². The van der Waals surface area contributed by atoms with E-state index >= 15 is 0 Å². The van der Waals surface area contributed by atoms with Crippen LogP contribution in [-0.4, -0.2) is 36.7 Å². The smallest absolute Gasteiger partial charge is 0.0674 e. The zero-order valence-corrected chi connectivity index (χ0v) is 12.1. The van der Waals surface area contributed by atoms with Crippen LogP contribution in [0.1, 0.15) is 38.3 Å². The summed E-state index contributed by atoms with van der Waals surface area (Å²) in [4.78, 5) is 2.52. The van der Waals surface area contributed by atoms with Crippen LogP contribution < -0.4 is 5.73 Å². The van der Waals surface area contributed by atoms with Crippen LogP contribution in [0.4, 0.5) is 0 Å². The van der Waals surface area contributed by atoms with Gasteiger partial charge in [0.25, 0.3) is 0 Å². The van der Waals surface area contributed by atoms with Gasteiger partial charge in [0.2, 0.25) is 0 Å². The summed E-state index contributed by atoms with van der Waals surface area (Å²) >= 11 is 0. The SMILES string of the molecule is CC1CN(CCCC(N)c2ccccc2)C(C)CO1. The second kappa shape index (κ2) is 7.04. The van der Waals surface area contributed by atoms with Crippen LogP contribution >= 0.6 is 0 Å². The van der Waals surface area contributed by atoms with Crippen molar-refractivity contribution in [1.82, 2.24) is 4.90 Å². The van der Waals surface area contributed by atoms with Crippen LogP contribution in [0.5, 0.6) is 0 Å². The highest BCUT2D eigenvalue weighted by Gasteiger charge is 2.22. The summed E-state index contributed by atoms with van der Waals surface area (Å²) in [5, 5.41) is 0. The van der Waals surface area contributed by atoms with Gasteiger partial charge in [0.15, 0.2) is 0 Å². The zero-order chi connectivity index (χ0) is 13.7. The highest BCUT2D eigenvalue weighted by atomic mass is 16.5. The minimum absolute atomic E-state index is 0.162. The Morgan fingerprint density at radius 3 is 2.79 bits per heavy atom. The molecule has 3 atom stereocenters. The minimum Gasteiger partial charge on any atom is -0.376 e. The third kappa shape index (κ3) is 4.30. The maximum Gasteiger partial charge on any atom is 0.0674 e. The lowest BCUT2D eigenvalue weighted by molar-refractivity contribution is -0.0497. The molecule has 0 spiro atoms. The Morgan fingerprint density at radius 2 is 2.05 bits per heavy atom. The molecule has 0 aromatic heterocycles. The number of morpholine rings is 1. The summed E-state index contributed by atoms with van der Waals surface area (Å²) in [7, 11) is 0. The maximum absolute atomic E-state index is 6.23. The van der Waals surface area contributed by atoms with Crippen molar-refractivity contribution in [2.45, 2.75) is 44.9 Å². The quantitative estimate of drug-likeness (QED) is 0.886. The van der Waals surface area contributed by atoms with Gasteiger partial charge in [-0.15, -0.1) is 0 Å². The predicted octanol–water partition coefficient (Wildman–Crippen LogP) is 2.58. The molecule has 0 radical (unpaired) electrons. The normalized spacial score (nSPS) is 26.3. The fourth-order valence-corrected chi connectivity index (χ4v) is 2.66. The van der Waals surface area contributed by atoms with E-state index in [2.05, 4.69) is 43.0 Å². The molecular formula is C16H26N2O. The number of nitrogens with two attached hydrogens (primary N) is 1. The van der Waals surface area contributed by atoms with Crippen molar-refractivity contribution < 1.29 is 4.74 Å². The number of nitrogens with zero attached hydrogens (tertiary/aromatic N) is 1. The molecule has 106 valence electrons. The molecule has 1 aliphatic rings. The first-order valence-electron chi connectivity index (χ1n) is 7.33. The van der Waals surface area contributed by atoms with Crippen LogP contribution in [0, 0.1) is 0 Å². The van der Waals surface area contributed by atoms with Gasteiger partial charge in [-0.05, 0) is 38.8 Å². The van der Waals surface area contributed by atoms with Gasteiger partial charge in [-0.3, -0.25) is 4.90 Å². The van der Waals surface area contributed by atoms with Gasteiger partial charge >= 0.3 is 0 Å². The summed E-state index contributed by atoms with van der Waals surface area (Å²) in [6.07, 6.45) is 2.55. The van der Waals surface area contributed by atoms with Gasteiger partial charge in [0.05, 0.1) is 12.7 Å². The molecular weight excluding hydrogens is 236 g/mol. The van der Waals surface area contributed by atoms with Crippen LogP contribution in [0.25, 0.3) is 0 Å². The average molecular weight is 262 g/mol. The van der Waals surface area contributed by atoms with Crippen molar-refractivity contribution in [3.05, 3.63) is 35.9 Å². The molecule has 1 fully saturated rings. The zero-order valence-electron chi connectivity index (χ0n) is 12.1.